The lowest BCUT2D eigenvalue weighted by Gasteiger charge is -2.03. The van der Waals surface area contributed by atoms with Gasteiger partial charge in [-0.1, -0.05) is 11.6 Å². The minimum Gasteiger partial charge on any atom is -0.469 e. The number of carbonyl (C=O) groups is 2. The van der Waals surface area contributed by atoms with E-state index in [1.54, 1.807) is 0 Å². The van der Waals surface area contributed by atoms with E-state index in [4.69, 9.17) is 21.1 Å². The van der Waals surface area contributed by atoms with Crippen LogP contribution in [0.4, 0.5) is 0 Å². The standard InChI is InChI=1S/C11H9ClO5/c1-15-10(14)4-8(13)6-2-7(12)11-9(3-6)16-5-17-11/h2-3H,4-5H2,1H3. The number of esters is 1. The van der Waals surface area contributed by atoms with Crippen LogP contribution in [-0.4, -0.2) is 25.7 Å². The fourth-order valence-electron chi connectivity index (χ4n) is 1.43. The Balaban J connectivity index is 2.25. The second-order valence-corrected chi connectivity index (χ2v) is 3.78. The van der Waals surface area contributed by atoms with Crippen LogP contribution in [0.3, 0.4) is 0 Å². The molecule has 0 aromatic heterocycles. The minimum absolute atomic E-state index is 0.0731. The molecule has 1 aliphatic heterocycles. The van der Waals surface area contributed by atoms with Gasteiger partial charge in [0.25, 0.3) is 0 Å². The topological polar surface area (TPSA) is 61.8 Å². The van der Waals surface area contributed by atoms with E-state index < -0.39 is 5.97 Å². The lowest BCUT2D eigenvalue weighted by Crippen LogP contribution is -2.09. The molecule has 90 valence electrons. The highest BCUT2D eigenvalue weighted by molar-refractivity contribution is 6.32. The normalized spacial score (nSPS) is 12.4. The fourth-order valence-corrected chi connectivity index (χ4v) is 1.70. The molecular formula is C11H9ClO5. The molecule has 0 atom stereocenters. The molecule has 17 heavy (non-hydrogen) atoms. The number of ketones is 1. The molecule has 1 heterocycles. The summed E-state index contributed by atoms with van der Waals surface area (Å²) < 4.78 is 14.7. The third-order valence-electron chi connectivity index (χ3n) is 2.28. The zero-order valence-corrected chi connectivity index (χ0v) is 9.74. The molecule has 1 aliphatic rings. The molecule has 6 heteroatoms. The molecule has 0 radical (unpaired) electrons. The maximum atomic E-state index is 11.7. The third kappa shape index (κ3) is 2.34. The first-order valence-corrected chi connectivity index (χ1v) is 5.18. The van der Waals surface area contributed by atoms with Gasteiger partial charge in [-0.25, -0.2) is 0 Å². The van der Waals surface area contributed by atoms with E-state index in [9.17, 15) is 9.59 Å². The zero-order chi connectivity index (χ0) is 12.4. The van der Waals surface area contributed by atoms with Crippen LogP contribution in [0.1, 0.15) is 16.8 Å². The summed E-state index contributed by atoms with van der Waals surface area (Å²) in [5.41, 5.74) is 0.296. The maximum Gasteiger partial charge on any atom is 0.313 e. The number of hydrogen-bond donors (Lipinski definition) is 0. The van der Waals surface area contributed by atoms with Gasteiger partial charge in [-0.15, -0.1) is 0 Å². The second kappa shape index (κ2) is 4.63. The Morgan fingerprint density at radius 2 is 2.18 bits per heavy atom. The Kier molecular flexibility index (Phi) is 3.19. The molecule has 0 saturated heterocycles. The first kappa shape index (κ1) is 11.7. The molecule has 0 bridgehead atoms. The highest BCUT2D eigenvalue weighted by Gasteiger charge is 2.21. The van der Waals surface area contributed by atoms with Gasteiger partial charge < -0.3 is 14.2 Å². The van der Waals surface area contributed by atoms with E-state index in [0.717, 1.165) is 0 Å². The Labute approximate surface area is 102 Å². The van der Waals surface area contributed by atoms with Gasteiger partial charge in [-0.05, 0) is 12.1 Å². The van der Waals surface area contributed by atoms with Gasteiger partial charge in [0.05, 0.1) is 12.1 Å². The van der Waals surface area contributed by atoms with Gasteiger partial charge in [-0.2, -0.15) is 0 Å². The van der Waals surface area contributed by atoms with Crippen LogP contribution < -0.4 is 9.47 Å². The monoisotopic (exact) mass is 256 g/mol. The lowest BCUT2D eigenvalue weighted by atomic mass is 10.1. The van der Waals surface area contributed by atoms with Gasteiger partial charge in [-0.3, -0.25) is 9.59 Å². The van der Waals surface area contributed by atoms with E-state index >= 15 is 0 Å². The molecular weight excluding hydrogens is 248 g/mol. The van der Waals surface area contributed by atoms with Crippen molar-refractivity contribution in [2.75, 3.05) is 13.9 Å². The van der Waals surface area contributed by atoms with Crippen molar-refractivity contribution < 1.29 is 23.8 Å². The van der Waals surface area contributed by atoms with Crippen molar-refractivity contribution in [3.05, 3.63) is 22.7 Å². The van der Waals surface area contributed by atoms with Crippen LogP contribution in [0.2, 0.25) is 5.02 Å². The van der Waals surface area contributed by atoms with E-state index in [1.165, 1.54) is 19.2 Å². The number of benzene rings is 1. The van der Waals surface area contributed by atoms with Gasteiger partial charge in [0, 0.05) is 5.56 Å². The number of methoxy groups -OCH3 is 1. The second-order valence-electron chi connectivity index (χ2n) is 3.37. The largest absolute Gasteiger partial charge is 0.469 e. The highest BCUT2D eigenvalue weighted by atomic mass is 35.5. The van der Waals surface area contributed by atoms with Crippen molar-refractivity contribution in [3.8, 4) is 11.5 Å². The molecule has 0 fully saturated rings. The average molecular weight is 257 g/mol. The summed E-state index contributed by atoms with van der Waals surface area (Å²) in [7, 11) is 1.22. The Hall–Kier alpha value is -1.75. The summed E-state index contributed by atoms with van der Waals surface area (Å²) >= 11 is 5.92. The Bertz CT molecular complexity index is 483. The lowest BCUT2D eigenvalue weighted by molar-refractivity contribution is -0.139. The average Bonchev–Trinajstić information content (AvgIpc) is 2.77. The Morgan fingerprint density at radius 3 is 2.88 bits per heavy atom. The van der Waals surface area contributed by atoms with Crippen LogP contribution in [0, 0.1) is 0 Å². The first-order valence-electron chi connectivity index (χ1n) is 4.81. The number of ether oxygens (including phenoxy) is 3. The minimum atomic E-state index is -0.594. The van der Waals surface area contributed by atoms with Crippen molar-refractivity contribution in [3.63, 3.8) is 0 Å². The molecule has 0 amide bonds. The molecule has 0 N–H and O–H groups in total. The van der Waals surface area contributed by atoms with Crippen molar-refractivity contribution >= 4 is 23.4 Å². The highest BCUT2D eigenvalue weighted by Crippen LogP contribution is 2.39. The first-order chi connectivity index (χ1) is 8.11. The fraction of sp³-hybridized carbons (Fsp3) is 0.273. The summed E-state index contributed by atoms with van der Waals surface area (Å²) in [5, 5.41) is 0.285. The van der Waals surface area contributed by atoms with Crippen LogP contribution >= 0.6 is 11.6 Å². The van der Waals surface area contributed by atoms with Gasteiger partial charge >= 0.3 is 5.97 Å². The summed E-state index contributed by atoms with van der Waals surface area (Å²) in [6, 6.07) is 2.94. The number of hydrogen-bond acceptors (Lipinski definition) is 5. The smallest absolute Gasteiger partial charge is 0.313 e. The van der Waals surface area contributed by atoms with Gasteiger partial charge in [0.1, 0.15) is 6.42 Å². The van der Waals surface area contributed by atoms with Crippen LogP contribution in [0.5, 0.6) is 11.5 Å². The number of Topliss-reactive ketones (excluding diaryl/α,β-unsaturated/α-hetero) is 1. The van der Waals surface area contributed by atoms with Crippen molar-refractivity contribution in [2.24, 2.45) is 0 Å². The van der Waals surface area contributed by atoms with E-state index in [0.29, 0.717) is 17.1 Å². The predicted molar refractivity (Wildman–Crippen MR) is 58.5 cm³/mol. The van der Waals surface area contributed by atoms with Crippen molar-refractivity contribution in [1.82, 2.24) is 0 Å². The molecule has 5 nitrogen and oxygen atoms in total. The number of fused-ring (bicyclic) bond motifs is 1. The number of halogens is 1. The predicted octanol–water partition coefficient (Wildman–Crippen LogP) is 1.81. The molecule has 0 saturated carbocycles. The molecule has 0 unspecified atom stereocenters. The summed E-state index contributed by atoms with van der Waals surface area (Å²) in [5.74, 6) is -0.146. The van der Waals surface area contributed by atoms with E-state index in [2.05, 4.69) is 4.74 Å². The molecule has 0 spiro atoms. The van der Waals surface area contributed by atoms with Crippen LogP contribution in [0.25, 0.3) is 0 Å². The van der Waals surface area contributed by atoms with Crippen molar-refractivity contribution in [1.29, 1.82) is 0 Å². The molecule has 2 rings (SSSR count). The molecule has 0 aliphatic carbocycles. The third-order valence-corrected chi connectivity index (χ3v) is 2.56. The number of rotatable bonds is 3. The zero-order valence-electron chi connectivity index (χ0n) is 8.99. The molecule has 1 aromatic carbocycles. The SMILES string of the molecule is COC(=O)CC(=O)c1cc(Cl)c2c(c1)OCO2. The summed E-state index contributed by atoms with van der Waals surface area (Å²) in [6.07, 6.45) is -0.327. The molecule has 1 aromatic rings. The van der Waals surface area contributed by atoms with Crippen LogP contribution in [0.15, 0.2) is 12.1 Å². The van der Waals surface area contributed by atoms with Crippen LogP contribution in [-0.2, 0) is 9.53 Å². The maximum absolute atomic E-state index is 11.7. The summed E-state index contributed by atoms with van der Waals surface area (Å²) in [4.78, 5) is 22.7. The summed E-state index contributed by atoms with van der Waals surface area (Å²) in [6.45, 7) is 0.0731. The van der Waals surface area contributed by atoms with E-state index in [-0.39, 0.29) is 24.0 Å². The number of carbonyl (C=O) groups excluding carboxylic acids is 2. The Morgan fingerprint density at radius 1 is 1.41 bits per heavy atom. The van der Waals surface area contributed by atoms with Gasteiger partial charge in [0.15, 0.2) is 17.3 Å². The van der Waals surface area contributed by atoms with Crippen molar-refractivity contribution in [2.45, 2.75) is 6.42 Å². The van der Waals surface area contributed by atoms with E-state index in [1.807, 2.05) is 0 Å². The van der Waals surface area contributed by atoms with Gasteiger partial charge in [0.2, 0.25) is 6.79 Å². The quantitative estimate of drug-likeness (QED) is 0.469.